The zero-order valence-corrected chi connectivity index (χ0v) is 12.8. The summed E-state index contributed by atoms with van der Waals surface area (Å²) in [5.41, 5.74) is 1.14. The minimum atomic E-state index is 0.601. The van der Waals surface area contributed by atoms with Gasteiger partial charge in [-0.3, -0.25) is 4.99 Å². The van der Waals surface area contributed by atoms with Gasteiger partial charge in [-0.2, -0.15) is 5.10 Å². The molecule has 1 aromatic rings. The number of hydrogen-bond donors (Lipinski definition) is 0. The van der Waals surface area contributed by atoms with Gasteiger partial charge in [0.05, 0.1) is 18.8 Å². The monoisotopic (exact) mass is 291 g/mol. The largest absolute Gasteiger partial charge is 0.383 e. The van der Waals surface area contributed by atoms with Crippen LogP contribution in [0.25, 0.3) is 0 Å². The lowest BCUT2D eigenvalue weighted by Crippen LogP contribution is -2.16. The van der Waals surface area contributed by atoms with E-state index < -0.39 is 0 Å². The van der Waals surface area contributed by atoms with Crippen LogP contribution in [0.15, 0.2) is 27.6 Å². The molecule has 1 saturated carbocycles. The molecule has 3 atom stereocenters. The molecule has 0 radical (unpaired) electrons. The molecule has 0 unspecified atom stereocenters. The van der Waals surface area contributed by atoms with E-state index in [9.17, 15) is 0 Å². The van der Waals surface area contributed by atoms with Gasteiger partial charge in [-0.1, -0.05) is 12.2 Å². The van der Waals surface area contributed by atoms with Crippen molar-refractivity contribution in [3.05, 3.63) is 28.0 Å². The van der Waals surface area contributed by atoms with Crippen LogP contribution >= 0.6 is 11.3 Å². The van der Waals surface area contributed by atoms with Crippen molar-refractivity contribution in [2.24, 2.45) is 27.8 Å². The van der Waals surface area contributed by atoms with E-state index in [0.717, 1.165) is 16.4 Å². The van der Waals surface area contributed by atoms with E-state index >= 15 is 0 Å². The molecule has 1 aromatic heterocycles. The highest BCUT2D eigenvalue weighted by molar-refractivity contribution is 7.07. The molecule has 0 spiro atoms. The Labute approximate surface area is 123 Å². The maximum Gasteiger partial charge on any atom is 0.205 e. The van der Waals surface area contributed by atoms with Crippen LogP contribution in [0.2, 0.25) is 0 Å². The molecular formula is C15H21N3OS. The van der Waals surface area contributed by atoms with E-state index in [1.807, 2.05) is 4.68 Å². The van der Waals surface area contributed by atoms with Crippen LogP contribution in [0.4, 0.5) is 0 Å². The van der Waals surface area contributed by atoms with Gasteiger partial charge in [0, 0.05) is 24.6 Å². The Morgan fingerprint density at radius 2 is 2.35 bits per heavy atom. The number of aryl methyl sites for hydroxylation is 1. The average molecular weight is 291 g/mol. The summed E-state index contributed by atoms with van der Waals surface area (Å²) in [4.78, 5) is 5.49. The van der Waals surface area contributed by atoms with E-state index in [1.54, 1.807) is 18.4 Å². The Kier molecular flexibility index (Phi) is 4.17. The molecule has 0 aliphatic heterocycles. The second-order valence-corrected chi connectivity index (χ2v) is 6.39. The van der Waals surface area contributed by atoms with Crippen molar-refractivity contribution < 1.29 is 4.74 Å². The molecule has 3 rings (SSSR count). The summed E-state index contributed by atoms with van der Waals surface area (Å²) in [5, 5.41) is 6.78. The van der Waals surface area contributed by atoms with Gasteiger partial charge in [0.15, 0.2) is 0 Å². The van der Waals surface area contributed by atoms with Crippen molar-refractivity contribution in [3.8, 4) is 0 Å². The SMILES string of the molecule is COCCN=c1scc(C)n1/N=C\[C@H]1C[C@@H]2C=C[C@H]1C2. The highest BCUT2D eigenvalue weighted by Crippen LogP contribution is 2.42. The predicted octanol–water partition coefficient (Wildman–Crippen LogP) is 2.45. The first-order chi connectivity index (χ1) is 9.78. The molecule has 1 heterocycles. The lowest BCUT2D eigenvalue weighted by atomic mass is 9.95. The third-order valence-corrected chi connectivity index (χ3v) is 5.07. The van der Waals surface area contributed by atoms with Crippen LogP contribution in [-0.4, -0.2) is 31.2 Å². The molecule has 4 nitrogen and oxygen atoms in total. The van der Waals surface area contributed by atoms with Crippen molar-refractivity contribution in [2.45, 2.75) is 19.8 Å². The van der Waals surface area contributed by atoms with E-state index in [2.05, 4.69) is 40.8 Å². The van der Waals surface area contributed by atoms with Crippen molar-refractivity contribution in [1.29, 1.82) is 0 Å². The fourth-order valence-corrected chi connectivity index (χ4v) is 3.85. The summed E-state index contributed by atoms with van der Waals surface area (Å²) < 4.78 is 6.99. The number of allylic oxidation sites excluding steroid dienone is 2. The lowest BCUT2D eigenvalue weighted by molar-refractivity contribution is 0.207. The van der Waals surface area contributed by atoms with Gasteiger partial charge in [0.25, 0.3) is 0 Å². The Hall–Kier alpha value is -1.20. The van der Waals surface area contributed by atoms with Gasteiger partial charge in [0.2, 0.25) is 4.80 Å². The van der Waals surface area contributed by atoms with Gasteiger partial charge in [-0.05, 0) is 31.6 Å². The van der Waals surface area contributed by atoms with Crippen LogP contribution in [0.1, 0.15) is 18.5 Å². The molecule has 1 fully saturated rings. The highest BCUT2D eigenvalue weighted by Gasteiger charge is 2.34. The van der Waals surface area contributed by atoms with E-state index in [-0.39, 0.29) is 0 Å². The molecule has 0 saturated heterocycles. The van der Waals surface area contributed by atoms with Crippen molar-refractivity contribution in [3.63, 3.8) is 0 Å². The van der Waals surface area contributed by atoms with Crippen LogP contribution in [0.3, 0.4) is 0 Å². The van der Waals surface area contributed by atoms with Gasteiger partial charge in [0.1, 0.15) is 0 Å². The number of ether oxygens (including phenoxy) is 1. The van der Waals surface area contributed by atoms with Crippen LogP contribution in [0, 0.1) is 24.7 Å². The maximum atomic E-state index is 5.04. The smallest absolute Gasteiger partial charge is 0.205 e. The summed E-state index contributed by atoms with van der Waals surface area (Å²) in [6.45, 7) is 3.41. The number of nitrogens with zero attached hydrogens (tertiary/aromatic N) is 3. The standard InChI is InChI=1S/C15H21N3OS/c1-11-10-20-15(16-5-6-19-2)18(11)17-9-14-8-12-3-4-13(14)7-12/h3-4,9-10,12-14H,5-8H2,1-2H3/b16-15?,17-9-/t12-,13+,14-/m1/s1. The Balaban J connectivity index is 1.75. The second-order valence-electron chi connectivity index (χ2n) is 5.55. The molecule has 108 valence electrons. The van der Waals surface area contributed by atoms with Crippen LogP contribution in [0.5, 0.6) is 0 Å². The predicted molar refractivity (Wildman–Crippen MR) is 82.1 cm³/mol. The lowest BCUT2D eigenvalue weighted by Gasteiger charge is -2.12. The first-order valence-electron chi connectivity index (χ1n) is 7.17. The summed E-state index contributed by atoms with van der Waals surface area (Å²) in [6, 6.07) is 0. The summed E-state index contributed by atoms with van der Waals surface area (Å²) >= 11 is 1.64. The van der Waals surface area contributed by atoms with Gasteiger partial charge >= 0.3 is 0 Å². The number of methoxy groups -OCH3 is 1. The molecule has 0 aromatic carbocycles. The zero-order valence-electron chi connectivity index (χ0n) is 12.0. The minimum Gasteiger partial charge on any atom is -0.383 e. The quantitative estimate of drug-likeness (QED) is 0.466. The fourth-order valence-electron chi connectivity index (χ4n) is 3.01. The number of fused-ring (bicyclic) bond motifs is 2. The third kappa shape index (κ3) is 2.79. The number of aromatic nitrogens is 1. The highest BCUT2D eigenvalue weighted by atomic mass is 32.1. The fraction of sp³-hybridized carbons (Fsp3) is 0.600. The molecule has 20 heavy (non-hydrogen) atoms. The maximum absolute atomic E-state index is 5.04. The van der Waals surface area contributed by atoms with E-state index in [4.69, 9.17) is 4.74 Å². The van der Waals surface area contributed by atoms with Crippen LogP contribution in [-0.2, 0) is 4.74 Å². The van der Waals surface area contributed by atoms with Gasteiger partial charge in [-0.15, -0.1) is 11.3 Å². The van der Waals surface area contributed by atoms with Crippen molar-refractivity contribution in [1.82, 2.24) is 4.68 Å². The average Bonchev–Trinajstić information content (AvgIpc) is 3.13. The summed E-state index contributed by atoms with van der Waals surface area (Å²) in [5.74, 6) is 2.09. The molecule has 0 amide bonds. The van der Waals surface area contributed by atoms with Crippen molar-refractivity contribution in [2.75, 3.05) is 20.3 Å². The first kappa shape index (κ1) is 13.8. The van der Waals surface area contributed by atoms with Crippen molar-refractivity contribution >= 4 is 17.6 Å². The summed E-state index contributed by atoms with van der Waals surface area (Å²) in [7, 11) is 1.70. The normalized spacial score (nSPS) is 29.1. The van der Waals surface area contributed by atoms with Gasteiger partial charge < -0.3 is 4.74 Å². The molecule has 2 aliphatic carbocycles. The third-order valence-electron chi connectivity index (χ3n) is 4.10. The molecular weight excluding hydrogens is 270 g/mol. The van der Waals surface area contributed by atoms with E-state index in [0.29, 0.717) is 25.0 Å². The van der Waals surface area contributed by atoms with Crippen LogP contribution < -0.4 is 4.80 Å². The number of rotatable bonds is 5. The molecule has 5 heteroatoms. The second kappa shape index (κ2) is 6.06. The zero-order chi connectivity index (χ0) is 13.9. The Morgan fingerprint density at radius 1 is 1.45 bits per heavy atom. The summed E-state index contributed by atoms with van der Waals surface area (Å²) in [6.07, 6.45) is 9.42. The number of thiazole rings is 1. The van der Waals surface area contributed by atoms with Gasteiger partial charge in [-0.25, -0.2) is 4.68 Å². The minimum absolute atomic E-state index is 0.601. The first-order valence-corrected chi connectivity index (χ1v) is 8.05. The Morgan fingerprint density at radius 3 is 3.05 bits per heavy atom. The topological polar surface area (TPSA) is 38.9 Å². The molecule has 2 aliphatic rings. The Bertz CT molecular complexity index is 584. The molecule has 2 bridgehead atoms. The number of hydrogen-bond acceptors (Lipinski definition) is 4. The molecule has 0 N–H and O–H groups in total. The van der Waals surface area contributed by atoms with E-state index in [1.165, 1.54) is 12.8 Å².